The summed E-state index contributed by atoms with van der Waals surface area (Å²) in [6.45, 7) is 2.44. The Bertz CT molecular complexity index is 121. The molecule has 10 heavy (non-hydrogen) atoms. The molecule has 0 aromatic carbocycles. The molecule has 1 aliphatic rings. The molecule has 0 N–H and O–H groups in total. The molecule has 56 valence electrons. The Morgan fingerprint density at radius 1 is 1.70 bits per heavy atom. The summed E-state index contributed by atoms with van der Waals surface area (Å²) in [5.41, 5.74) is 0. The van der Waals surface area contributed by atoms with Crippen molar-refractivity contribution in [2.24, 2.45) is 0 Å². The van der Waals surface area contributed by atoms with Crippen LogP contribution in [0.5, 0.6) is 0 Å². The van der Waals surface area contributed by atoms with Gasteiger partial charge in [0, 0.05) is 0 Å². The monoisotopic (exact) mass is 248 g/mol. The van der Waals surface area contributed by atoms with Gasteiger partial charge < -0.3 is 0 Å². The second-order valence-corrected chi connectivity index (χ2v) is 6.81. The zero-order valence-corrected chi connectivity index (χ0v) is 9.08. The van der Waals surface area contributed by atoms with E-state index in [2.05, 4.69) is 0 Å². The van der Waals surface area contributed by atoms with Gasteiger partial charge in [0.05, 0.1) is 0 Å². The summed E-state index contributed by atoms with van der Waals surface area (Å²) in [7, 11) is 0. The van der Waals surface area contributed by atoms with Crippen LogP contribution >= 0.6 is 0 Å². The van der Waals surface area contributed by atoms with Gasteiger partial charge in [-0.1, -0.05) is 0 Å². The van der Waals surface area contributed by atoms with Crippen molar-refractivity contribution in [3.8, 4) is 0 Å². The molecule has 2 radical (unpaired) electrons. The first-order valence-electron chi connectivity index (χ1n) is 3.76. The van der Waals surface area contributed by atoms with Crippen molar-refractivity contribution >= 4 is 25.1 Å². The van der Waals surface area contributed by atoms with Gasteiger partial charge in [-0.3, -0.25) is 0 Å². The summed E-state index contributed by atoms with van der Waals surface area (Å²) in [4.78, 5) is 10.9. The standard InChI is InChI=1S/C4H7.C3H5O2.Sn/c1-2-4-3-1;1-2-5-3-4;/h1H,2-4H2;2H2,1H3;. The zero-order chi connectivity index (χ0) is 7.40. The molecule has 2 nitrogen and oxygen atoms in total. The number of rotatable bonds is 3. The topological polar surface area (TPSA) is 26.3 Å². The van der Waals surface area contributed by atoms with Crippen molar-refractivity contribution in [2.75, 3.05) is 6.61 Å². The predicted molar refractivity (Wildman–Crippen MR) is 40.4 cm³/mol. The van der Waals surface area contributed by atoms with Crippen LogP contribution in [0.4, 0.5) is 4.79 Å². The van der Waals surface area contributed by atoms with Crippen molar-refractivity contribution in [1.82, 2.24) is 0 Å². The van der Waals surface area contributed by atoms with Gasteiger partial charge in [0.25, 0.3) is 0 Å². The second kappa shape index (κ2) is 4.21. The molecule has 0 bridgehead atoms. The number of carbonyl (C=O) groups excluding carboxylic acids is 1. The van der Waals surface area contributed by atoms with E-state index in [-0.39, 0.29) is 3.99 Å². The van der Waals surface area contributed by atoms with E-state index in [0.717, 1.165) is 3.93 Å². The number of hydrogen-bond acceptors (Lipinski definition) is 2. The Labute approximate surface area is 71.5 Å². The molecule has 0 aromatic rings. The summed E-state index contributed by atoms with van der Waals surface area (Å²) in [5.74, 6) is 0. The van der Waals surface area contributed by atoms with Crippen molar-refractivity contribution in [2.45, 2.75) is 30.1 Å². The van der Waals surface area contributed by atoms with Crippen LogP contribution in [-0.2, 0) is 4.74 Å². The maximum atomic E-state index is 10.9. The molecule has 0 amide bonds. The van der Waals surface area contributed by atoms with Crippen LogP contribution in [0.25, 0.3) is 0 Å². The van der Waals surface area contributed by atoms with E-state index in [1.165, 1.54) is 19.3 Å². The average Bonchev–Trinajstić information content (AvgIpc) is 1.80. The van der Waals surface area contributed by atoms with Gasteiger partial charge in [0.15, 0.2) is 0 Å². The molecule has 1 rings (SSSR count). The van der Waals surface area contributed by atoms with Gasteiger partial charge >= 0.3 is 71.4 Å². The van der Waals surface area contributed by atoms with Crippen molar-refractivity contribution < 1.29 is 9.53 Å². The molecule has 1 saturated carbocycles. The summed E-state index contributed by atoms with van der Waals surface area (Å²) in [5, 5.41) is 0. The predicted octanol–water partition coefficient (Wildman–Crippen LogP) is 1.82. The molecule has 0 heterocycles. The minimum absolute atomic E-state index is 0.149. The second-order valence-electron chi connectivity index (χ2n) is 2.49. The first-order valence-corrected chi connectivity index (χ1v) is 6.83. The van der Waals surface area contributed by atoms with Crippen LogP contribution < -0.4 is 0 Å². The van der Waals surface area contributed by atoms with Gasteiger partial charge in [-0.05, 0) is 0 Å². The van der Waals surface area contributed by atoms with Gasteiger partial charge in [0.2, 0.25) is 0 Å². The van der Waals surface area contributed by atoms with E-state index in [0.29, 0.717) is 6.61 Å². The van der Waals surface area contributed by atoms with Gasteiger partial charge in [-0.25, -0.2) is 0 Å². The Morgan fingerprint density at radius 2 is 2.40 bits per heavy atom. The van der Waals surface area contributed by atoms with Crippen LogP contribution in [0, 0.1) is 0 Å². The minimum atomic E-state index is -0.788. The van der Waals surface area contributed by atoms with Crippen LogP contribution in [0.15, 0.2) is 0 Å². The first-order chi connectivity index (χ1) is 4.83. The third kappa shape index (κ3) is 2.48. The molecule has 0 aliphatic heterocycles. The zero-order valence-electron chi connectivity index (χ0n) is 6.22. The summed E-state index contributed by atoms with van der Waals surface area (Å²) in [6.07, 6.45) is 3.93. The quantitative estimate of drug-likeness (QED) is 0.711. The number of carbonyl (C=O) groups is 1. The molecule has 0 atom stereocenters. The maximum absolute atomic E-state index is 10.9. The molecular formula is C7H12O2Sn. The summed E-state index contributed by atoms with van der Waals surface area (Å²) >= 11 is -0.788. The van der Waals surface area contributed by atoms with Gasteiger partial charge in [-0.15, -0.1) is 0 Å². The van der Waals surface area contributed by atoms with Crippen LogP contribution in [-0.4, -0.2) is 31.7 Å². The van der Waals surface area contributed by atoms with E-state index in [4.69, 9.17) is 4.74 Å². The van der Waals surface area contributed by atoms with Gasteiger partial charge in [0.1, 0.15) is 0 Å². The summed E-state index contributed by atoms with van der Waals surface area (Å²) < 4.78 is 5.84. The fourth-order valence-electron chi connectivity index (χ4n) is 0.892. The Kier molecular flexibility index (Phi) is 3.52. The van der Waals surface area contributed by atoms with E-state index in [1.807, 2.05) is 6.92 Å². The Balaban J connectivity index is 2.05. The van der Waals surface area contributed by atoms with Crippen molar-refractivity contribution in [1.29, 1.82) is 0 Å². The average molecular weight is 247 g/mol. The van der Waals surface area contributed by atoms with Gasteiger partial charge in [-0.2, -0.15) is 0 Å². The van der Waals surface area contributed by atoms with E-state index >= 15 is 0 Å². The normalized spacial score (nSPS) is 18.1. The number of ether oxygens (including phenoxy) is 1. The van der Waals surface area contributed by atoms with Crippen LogP contribution in [0.3, 0.4) is 0 Å². The van der Waals surface area contributed by atoms with E-state index in [1.54, 1.807) is 0 Å². The number of hydrogen-bond donors (Lipinski definition) is 0. The third-order valence-electron chi connectivity index (χ3n) is 1.70. The van der Waals surface area contributed by atoms with Crippen molar-refractivity contribution in [3.63, 3.8) is 0 Å². The Hall–Kier alpha value is 0.269. The molecule has 0 spiro atoms. The summed E-state index contributed by atoms with van der Waals surface area (Å²) in [6, 6.07) is 0. The fourth-order valence-corrected chi connectivity index (χ4v) is 4.48. The van der Waals surface area contributed by atoms with Crippen LogP contribution in [0.2, 0.25) is 3.93 Å². The molecule has 0 saturated heterocycles. The molecule has 0 aromatic heterocycles. The van der Waals surface area contributed by atoms with E-state index in [9.17, 15) is 4.79 Å². The SMILES string of the molecule is CCO[C](=O)[Sn][CH]1CCC1. The van der Waals surface area contributed by atoms with E-state index < -0.39 is 21.1 Å². The molecular weight excluding hydrogens is 235 g/mol. The molecule has 3 heteroatoms. The third-order valence-corrected chi connectivity index (χ3v) is 5.60. The Morgan fingerprint density at radius 3 is 2.80 bits per heavy atom. The molecule has 0 unspecified atom stereocenters. The molecule has 1 fully saturated rings. The van der Waals surface area contributed by atoms with Crippen LogP contribution in [0.1, 0.15) is 26.2 Å². The van der Waals surface area contributed by atoms with Crippen molar-refractivity contribution in [3.05, 3.63) is 0 Å². The molecule has 1 aliphatic carbocycles. The fraction of sp³-hybridized carbons (Fsp3) is 0.857. The first kappa shape index (κ1) is 8.37.